The van der Waals surface area contributed by atoms with E-state index in [1.807, 2.05) is 24.3 Å². The van der Waals surface area contributed by atoms with Gasteiger partial charge in [0.15, 0.2) is 5.13 Å². The predicted molar refractivity (Wildman–Crippen MR) is 88.4 cm³/mol. The third-order valence-corrected chi connectivity index (χ3v) is 4.93. The number of hydrogen-bond donors (Lipinski definition) is 2. The van der Waals surface area contributed by atoms with Gasteiger partial charge in [-0.25, -0.2) is 9.78 Å². The minimum Gasteiger partial charge on any atom is -0.351 e. The van der Waals surface area contributed by atoms with E-state index in [9.17, 15) is 9.00 Å². The van der Waals surface area contributed by atoms with Crippen molar-refractivity contribution in [2.45, 2.75) is 4.90 Å². The van der Waals surface area contributed by atoms with Crippen LogP contribution in [0, 0.1) is 0 Å². The molecule has 3 N–H and O–H groups in total. The van der Waals surface area contributed by atoms with Crippen LogP contribution in [0.2, 0.25) is 0 Å². The average molecular weight is 332 g/mol. The van der Waals surface area contributed by atoms with Crippen LogP contribution >= 0.6 is 11.3 Å². The number of urea groups is 1. The molecule has 0 bridgehead atoms. The van der Waals surface area contributed by atoms with E-state index in [0.29, 0.717) is 15.5 Å². The maximum Gasteiger partial charge on any atom is 0.318 e. The van der Waals surface area contributed by atoms with E-state index in [1.54, 1.807) is 18.6 Å². The molecule has 0 aliphatic heterocycles. The Labute approximate surface area is 132 Å². The molecule has 0 saturated carbocycles. The molecule has 2 heterocycles. The van der Waals surface area contributed by atoms with Crippen LogP contribution in [-0.2, 0) is 10.8 Å². The number of benzene rings is 1. The number of nitrogens with one attached hydrogen (secondary N) is 1. The van der Waals surface area contributed by atoms with Crippen LogP contribution in [0.1, 0.15) is 0 Å². The van der Waals surface area contributed by atoms with Crippen LogP contribution in [0.25, 0.3) is 21.3 Å². The maximum absolute atomic E-state index is 12.2. The Morgan fingerprint density at radius 1 is 1.36 bits per heavy atom. The number of carbonyl (C=O) groups excluding carboxylic acids is 1. The van der Waals surface area contributed by atoms with E-state index in [-0.39, 0.29) is 0 Å². The third-order valence-electron chi connectivity index (χ3n) is 3.00. The van der Waals surface area contributed by atoms with Gasteiger partial charge in [-0.1, -0.05) is 23.5 Å². The fraction of sp³-hybridized carbons (Fsp3) is 0.0714. The summed E-state index contributed by atoms with van der Waals surface area (Å²) in [7, 11) is -1.24. The van der Waals surface area contributed by atoms with Crippen molar-refractivity contribution >= 4 is 43.5 Å². The molecule has 1 unspecified atom stereocenters. The first-order valence-electron chi connectivity index (χ1n) is 6.30. The van der Waals surface area contributed by atoms with Gasteiger partial charge in [0, 0.05) is 29.8 Å². The molecule has 112 valence electrons. The topological polar surface area (TPSA) is 98.0 Å². The third kappa shape index (κ3) is 2.70. The lowest BCUT2D eigenvalue weighted by Gasteiger charge is -2.07. The van der Waals surface area contributed by atoms with Crippen molar-refractivity contribution in [2.24, 2.45) is 5.73 Å². The molecule has 0 saturated heterocycles. The number of nitrogens with two attached hydrogens (primary N) is 1. The van der Waals surface area contributed by atoms with Gasteiger partial charge in [-0.3, -0.25) is 14.5 Å². The molecule has 0 radical (unpaired) electrons. The second kappa shape index (κ2) is 5.82. The first kappa shape index (κ1) is 14.6. The Bertz CT molecular complexity index is 877. The summed E-state index contributed by atoms with van der Waals surface area (Å²) in [6.45, 7) is 0. The zero-order chi connectivity index (χ0) is 15.7. The highest BCUT2D eigenvalue weighted by molar-refractivity contribution is 7.84. The molecule has 1 atom stereocenters. The lowest BCUT2D eigenvalue weighted by atomic mass is 10.1. The van der Waals surface area contributed by atoms with Crippen LogP contribution in [-0.4, -0.2) is 26.5 Å². The van der Waals surface area contributed by atoms with E-state index in [2.05, 4.69) is 15.3 Å². The van der Waals surface area contributed by atoms with Gasteiger partial charge in [0.05, 0.1) is 20.4 Å². The number of fused-ring (bicyclic) bond motifs is 1. The number of carbonyl (C=O) groups is 1. The Kier molecular flexibility index (Phi) is 3.86. The first-order valence-corrected chi connectivity index (χ1v) is 8.67. The molecule has 1 aromatic carbocycles. The van der Waals surface area contributed by atoms with Gasteiger partial charge in [0.2, 0.25) is 0 Å². The predicted octanol–water partition coefficient (Wildman–Crippen LogP) is 2.59. The molecule has 0 aliphatic carbocycles. The summed E-state index contributed by atoms with van der Waals surface area (Å²) in [6, 6.07) is 6.83. The van der Waals surface area contributed by atoms with Gasteiger partial charge in [0.1, 0.15) is 5.52 Å². The van der Waals surface area contributed by atoms with Gasteiger partial charge in [-0.15, -0.1) is 0 Å². The zero-order valence-electron chi connectivity index (χ0n) is 11.6. The minimum absolute atomic E-state index is 0.387. The molecule has 0 fully saturated rings. The normalized spacial score (nSPS) is 12.2. The van der Waals surface area contributed by atoms with Crippen molar-refractivity contribution in [3.05, 3.63) is 36.7 Å². The van der Waals surface area contributed by atoms with Crippen LogP contribution in [0.4, 0.5) is 9.93 Å². The molecular formula is C14H12N4O2S2. The second-order valence-electron chi connectivity index (χ2n) is 4.49. The van der Waals surface area contributed by atoms with Crippen LogP contribution in [0.3, 0.4) is 0 Å². The Balaban J connectivity index is 2.24. The summed E-state index contributed by atoms with van der Waals surface area (Å²) in [5, 5.41) is 2.84. The molecule has 2 aromatic heterocycles. The first-order chi connectivity index (χ1) is 10.6. The fourth-order valence-electron chi connectivity index (χ4n) is 2.17. The molecule has 0 aliphatic rings. The van der Waals surface area contributed by atoms with Crippen molar-refractivity contribution in [1.82, 2.24) is 9.97 Å². The van der Waals surface area contributed by atoms with Crippen LogP contribution < -0.4 is 11.1 Å². The molecule has 3 rings (SSSR count). The van der Waals surface area contributed by atoms with E-state index in [0.717, 1.165) is 15.8 Å². The van der Waals surface area contributed by atoms with Gasteiger partial charge < -0.3 is 5.73 Å². The number of thiazole rings is 1. The van der Waals surface area contributed by atoms with Gasteiger partial charge in [0.25, 0.3) is 0 Å². The van der Waals surface area contributed by atoms with Crippen molar-refractivity contribution in [3.63, 3.8) is 0 Å². The van der Waals surface area contributed by atoms with Crippen LogP contribution in [0.5, 0.6) is 0 Å². The number of rotatable bonds is 3. The maximum atomic E-state index is 12.2. The Hall–Kier alpha value is -2.32. The molecule has 8 heteroatoms. The molecule has 0 spiro atoms. The quantitative estimate of drug-likeness (QED) is 0.770. The lowest BCUT2D eigenvalue weighted by molar-refractivity contribution is 0.259. The summed E-state index contributed by atoms with van der Waals surface area (Å²) >= 11 is 1.29. The van der Waals surface area contributed by atoms with E-state index >= 15 is 0 Å². The highest BCUT2D eigenvalue weighted by Crippen LogP contribution is 2.36. The zero-order valence-corrected chi connectivity index (χ0v) is 13.2. The highest BCUT2D eigenvalue weighted by Gasteiger charge is 2.17. The summed E-state index contributed by atoms with van der Waals surface area (Å²) in [4.78, 5) is 20.0. The number of amides is 2. The van der Waals surface area contributed by atoms with E-state index in [1.165, 1.54) is 11.3 Å². The lowest BCUT2D eigenvalue weighted by Crippen LogP contribution is -2.18. The van der Waals surface area contributed by atoms with Gasteiger partial charge >= 0.3 is 6.03 Å². The summed E-state index contributed by atoms with van der Waals surface area (Å²) in [5.41, 5.74) is 7.41. The number of nitrogens with zero attached hydrogens (tertiary/aromatic N) is 2. The molecule has 6 nitrogen and oxygen atoms in total. The summed E-state index contributed by atoms with van der Waals surface area (Å²) in [5.74, 6) is 0. The smallest absolute Gasteiger partial charge is 0.318 e. The van der Waals surface area contributed by atoms with Gasteiger partial charge in [-0.2, -0.15) is 0 Å². The number of hydrogen-bond acceptors (Lipinski definition) is 5. The molecule has 3 aromatic rings. The number of anilines is 1. The largest absolute Gasteiger partial charge is 0.351 e. The van der Waals surface area contributed by atoms with E-state index in [4.69, 9.17) is 5.73 Å². The number of pyridine rings is 1. The Morgan fingerprint density at radius 3 is 2.82 bits per heavy atom. The molecule has 22 heavy (non-hydrogen) atoms. The molecular weight excluding hydrogens is 320 g/mol. The number of aromatic nitrogens is 2. The SMILES string of the molecule is CS(=O)c1c(-c2cccnc2)ccc2sc(NC(N)=O)nc12. The Morgan fingerprint density at radius 2 is 2.18 bits per heavy atom. The van der Waals surface area contributed by atoms with Crippen molar-refractivity contribution < 1.29 is 9.00 Å². The monoisotopic (exact) mass is 332 g/mol. The van der Waals surface area contributed by atoms with Crippen LogP contribution in [0.15, 0.2) is 41.6 Å². The second-order valence-corrected chi connectivity index (χ2v) is 6.84. The van der Waals surface area contributed by atoms with E-state index < -0.39 is 16.8 Å². The standard InChI is InChI=1S/C14H12N4O2S2/c1-22(20)12-9(8-3-2-6-16-7-8)4-5-10-11(12)17-14(21-10)18-13(15)19/h2-7H,1H3,(H3,15,17,18,19). The minimum atomic E-state index is -1.24. The van der Waals surface area contributed by atoms with Crippen molar-refractivity contribution in [3.8, 4) is 11.1 Å². The van der Waals surface area contributed by atoms with Crippen molar-refractivity contribution in [2.75, 3.05) is 11.6 Å². The molecule has 2 amide bonds. The van der Waals surface area contributed by atoms with Crippen molar-refractivity contribution in [1.29, 1.82) is 0 Å². The highest BCUT2D eigenvalue weighted by atomic mass is 32.2. The summed E-state index contributed by atoms with van der Waals surface area (Å²) < 4.78 is 13.1. The average Bonchev–Trinajstić information content (AvgIpc) is 2.88. The fourth-order valence-corrected chi connectivity index (χ4v) is 4.03. The van der Waals surface area contributed by atoms with Gasteiger partial charge in [-0.05, 0) is 12.1 Å². The number of primary amides is 1. The summed E-state index contributed by atoms with van der Waals surface area (Å²) in [6.07, 6.45) is 5.00.